The van der Waals surface area contributed by atoms with E-state index in [-0.39, 0.29) is 17.9 Å². The van der Waals surface area contributed by atoms with Crippen molar-refractivity contribution in [1.29, 1.82) is 0 Å². The summed E-state index contributed by atoms with van der Waals surface area (Å²) in [5.74, 6) is -2.17. The Morgan fingerprint density at radius 1 is 1.29 bits per heavy atom. The molecule has 0 aliphatic carbocycles. The van der Waals surface area contributed by atoms with Crippen LogP contribution in [0.4, 0.5) is 5.69 Å². The van der Waals surface area contributed by atoms with Crippen LogP contribution in [-0.4, -0.2) is 24.9 Å². The quantitative estimate of drug-likeness (QED) is 0.819. The number of anilines is 1. The second-order valence-electron chi connectivity index (χ2n) is 4.69. The Labute approximate surface area is 122 Å². The molecule has 21 heavy (non-hydrogen) atoms. The van der Waals surface area contributed by atoms with Gasteiger partial charge < -0.3 is 15.4 Å². The second kappa shape index (κ2) is 6.21. The van der Waals surface area contributed by atoms with Crippen molar-refractivity contribution in [2.45, 2.75) is 13.3 Å². The number of allylic oxidation sites excluding steroid dienone is 1. The van der Waals surface area contributed by atoms with E-state index in [1.807, 2.05) is 6.07 Å². The zero-order chi connectivity index (χ0) is 15.4. The smallest absolute Gasteiger partial charge is 0.336 e. The molecule has 0 radical (unpaired) electrons. The number of methoxy groups -OCH3 is 1. The summed E-state index contributed by atoms with van der Waals surface area (Å²) in [5, 5.41) is 5.25. The van der Waals surface area contributed by atoms with Gasteiger partial charge in [0.1, 0.15) is 0 Å². The molecule has 2 N–H and O–H groups in total. The van der Waals surface area contributed by atoms with Gasteiger partial charge in [0.2, 0.25) is 11.8 Å². The van der Waals surface area contributed by atoms with Crippen LogP contribution in [0.5, 0.6) is 0 Å². The average molecular weight is 288 g/mol. The van der Waals surface area contributed by atoms with Gasteiger partial charge in [-0.1, -0.05) is 18.2 Å². The SMILES string of the molecule is COC(=O)C1=C(C)NC(=O)CC1C(=O)Nc1ccccc1. The number of ether oxygens (including phenoxy) is 1. The third-order valence-electron chi connectivity index (χ3n) is 3.23. The van der Waals surface area contributed by atoms with E-state index in [0.717, 1.165) is 0 Å². The first kappa shape index (κ1) is 14.8. The van der Waals surface area contributed by atoms with Crippen molar-refractivity contribution in [3.63, 3.8) is 0 Å². The lowest BCUT2D eigenvalue weighted by atomic mass is 9.89. The number of para-hydroxylation sites is 1. The summed E-state index contributed by atoms with van der Waals surface area (Å²) < 4.78 is 4.70. The highest BCUT2D eigenvalue weighted by atomic mass is 16.5. The normalized spacial score (nSPS) is 18.0. The van der Waals surface area contributed by atoms with Gasteiger partial charge in [0, 0.05) is 17.8 Å². The molecule has 1 heterocycles. The van der Waals surface area contributed by atoms with Crippen LogP contribution in [0.25, 0.3) is 0 Å². The fraction of sp³-hybridized carbons (Fsp3) is 0.267. The number of hydrogen-bond acceptors (Lipinski definition) is 4. The zero-order valence-electron chi connectivity index (χ0n) is 11.8. The van der Waals surface area contributed by atoms with E-state index < -0.39 is 17.8 Å². The molecule has 1 unspecified atom stereocenters. The lowest BCUT2D eigenvalue weighted by molar-refractivity contribution is -0.139. The molecule has 110 valence electrons. The summed E-state index contributed by atoms with van der Waals surface area (Å²) in [4.78, 5) is 35.8. The van der Waals surface area contributed by atoms with Gasteiger partial charge in [0.15, 0.2) is 0 Å². The van der Waals surface area contributed by atoms with E-state index in [2.05, 4.69) is 10.6 Å². The molecule has 6 nitrogen and oxygen atoms in total. The predicted molar refractivity (Wildman–Crippen MR) is 76.0 cm³/mol. The highest BCUT2D eigenvalue weighted by molar-refractivity contribution is 6.06. The van der Waals surface area contributed by atoms with Crippen molar-refractivity contribution >= 4 is 23.5 Å². The Bertz CT molecular complexity index is 607. The molecular weight excluding hydrogens is 272 g/mol. The predicted octanol–water partition coefficient (Wildman–Crippen LogP) is 1.21. The molecule has 1 aliphatic heterocycles. The van der Waals surface area contributed by atoms with Crippen LogP contribution in [0.3, 0.4) is 0 Å². The minimum Gasteiger partial charge on any atom is -0.466 e. The Balaban J connectivity index is 2.26. The van der Waals surface area contributed by atoms with Gasteiger partial charge in [-0.15, -0.1) is 0 Å². The van der Waals surface area contributed by atoms with Crippen molar-refractivity contribution < 1.29 is 19.1 Å². The summed E-state index contributed by atoms with van der Waals surface area (Å²) in [7, 11) is 1.24. The van der Waals surface area contributed by atoms with Gasteiger partial charge in [-0.2, -0.15) is 0 Å². The Kier molecular flexibility index (Phi) is 4.37. The molecule has 6 heteroatoms. The first-order valence-corrected chi connectivity index (χ1v) is 6.47. The van der Waals surface area contributed by atoms with Crippen LogP contribution in [0.2, 0.25) is 0 Å². The van der Waals surface area contributed by atoms with Crippen molar-refractivity contribution in [2.24, 2.45) is 5.92 Å². The highest BCUT2D eigenvalue weighted by Crippen LogP contribution is 2.25. The molecule has 0 spiro atoms. The fourth-order valence-electron chi connectivity index (χ4n) is 2.26. The number of carbonyl (C=O) groups is 3. The van der Waals surface area contributed by atoms with Gasteiger partial charge in [0.05, 0.1) is 18.6 Å². The summed E-state index contributed by atoms with van der Waals surface area (Å²) >= 11 is 0. The molecule has 1 atom stereocenters. The third kappa shape index (κ3) is 3.28. The summed E-state index contributed by atoms with van der Waals surface area (Å²) in [6.45, 7) is 1.58. The molecule has 0 fully saturated rings. The Hall–Kier alpha value is -2.63. The maximum absolute atomic E-state index is 12.4. The molecule has 1 aromatic carbocycles. The van der Waals surface area contributed by atoms with Crippen molar-refractivity contribution in [3.05, 3.63) is 41.6 Å². The van der Waals surface area contributed by atoms with E-state index >= 15 is 0 Å². The lowest BCUT2D eigenvalue weighted by Crippen LogP contribution is -2.40. The molecule has 0 saturated carbocycles. The minimum absolute atomic E-state index is 0.0829. The van der Waals surface area contributed by atoms with Gasteiger partial charge in [-0.3, -0.25) is 9.59 Å². The minimum atomic E-state index is -0.855. The maximum Gasteiger partial charge on any atom is 0.336 e. The number of esters is 1. The van der Waals surface area contributed by atoms with Crippen molar-refractivity contribution in [2.75, 3.05) is 12.4 Å². The number of amides is 2. The topological polar surface area (TPSA) is 84.5 Å². The summed E-state index contributed by atoms with van der Waals surface area (Å²) in [6, 6.07) is 8.86. The largest absolute Gasteiger partial charge is 0.466 e. The molecular formula is C15H16N2O4. The number of hydrogen-bond donors (Lipinski definition) is 2. The van der Waals surface area contributed by atoms with E-state index in [9.17, 15) is 14.4 Å². The van der Waals surface area contributed by atoms with Crippen LogP contribution < -0.4 is 10.6 Å². The van der Waals surface area contributed by atoms with E-state index in [4.69, 9.17) is 4.74 Å². The number of benzene rings is 1. The van der Waals surface area contributed by atoms with Crippen LogP contribution in [0, 0.1) is 5.92 Å². The zero-order valence-corrected chi connectivity index (χ0v) is 11.8. The molecule has 2 amide bonds. The third-order valence-corrected chi connectivity index (χ3v) is 3.23. The molecule has 0 bridgehead atoms. The summed E-state index contributed by atoms with van der Waals surface area (Å²) in [5.41, 5.74) is 1.15. The van der Waals surface area contributed by atoms with Gasteiger partial charge >= 0.3 is 5.97 Å². The van der Waals surface area contributed by atoms with E-state index in [1.165, 1.54) is 7.11 Å². The lowest BCUT2D eigenvalue weighted by Gasteiger charge is -2.25. The van der Waals surface area contributed by atoms with Crippen molar-refractivity contribution in [1.82, 2.24) is 5.32 Å². The van der Waals surface area contributed by atoms with Gasteiger partial charge in [-0.25, -0.2) is 4.79 Å². The number of nitrogens with one attached hydrogen (secondary N) is 2. The van der Waals surface area contributed by atoms with Crippen LogP contribution >= 0.6 is 0 Å². The van der Waals surface area contributed by atoms with Crippen LogP contribution in [0.15, 0.2) is 41.6 Å². The standard InChI is InChI=1S/C15H16N2O4/c1-9-13(15(20)21-2)11(8-12(18)16-9)14(19)17-10-6-4-3-5-7-10/h3-7,11H,8H2,1-2H3,(H,16,18)(H,17,19). The van der Waals surface area contributed by atoms with Crippen LogP contribution in [-0.2, 0) is 19.1 Å². The van der Waals surface area contributed by atoms with Crippen molar-refractivity contribution in [3.8, 4) is 0 Å². The van der Waals surface area contributed by atoms with Gasteiger partial charge in [0.25, 0.3) is 0 Å². The molecule has 1 aromatic rings. The maximum atomic E-state index is 12.4. The second-order valence-corrected chi connectivity index (χ2v) is 4.69. The number of carbonyl (C=O) groups excluding carboxylic acids is 3. The molecule has 0 aromatic heterocycles. The monoisotopic (exact) mass is 288 g/mol. The molecule has 1 aliphatic rings. The summed E-state index contributed by atoms with van der Waals surface area (Å²) in [6.07, 6.45) is -0.0829. The fourth-order valence-corrected chi connectivity index (χ4v) is 2.26. The van der Waals surface area contributed by atoms with Crippen LogP contribution in [0.1, 0.15) is 13.3 Å². The Morgan fingerprint density at radius 3 is 2.57 bits per heavy atom. The first-order valence-electron chi connectivity index (χ1n) is 6.47. The highest BCUT2D eigenvalue weighted by Gasteiger charge is 2.36. The Morgan fingerprint density at radius 2 is 1.95 bits per heavy atom. The number of rotatable bonds is 3. The first-order chi connectivity index (χ1) is 10.0. The molecule has 0 saturated heterocycles. The average Bonchev–Trinajstić information content (AvgIpc) is 2.46. The molecule has 2 rings (SSSR count). The van der Waals surface area contributed by atoms with E-state index in [1.54, 1.807) is 31.2 Å². The van der Waals surface area contributed by atoms with E-state index in [0.29, 0.717) is 11.4 Å². The van der Waals surface area contributed by atoms with Gasteiger partial charge in [-0.05, 0) is 19.1 Å².